The van der Waals surface area contributed by atoms with E-state index in [9.17, 15) is 13.2 Å². The maximum atomic E-state index is 12.7. The summed E-state index contributed by atoms with van der Waals surface area (Å²) in [6.45, 7) is 4.28. The second-order valence-electron chi connectivity index (χ2n) is 6.48. The largest absolute Gasteiger partial charge is 0.336 e. The van der Waals surface area contributed by atoms with Gasteiger partial charge in [0.15, 0.2) is 9.84 Å². The van der Waals surface area contributed by atoms with Crippen molar-refractivity contribution < 1.29 is 13.2 Å². The van der Waals surface area contributed by atoms with Crippen LogP contribution >= 0.6 is 0 Å². The van der Waals surface area contributed by atoms with Crippen LogP contribution in [0.4, 0.5) is 0 Å². The highest BCUT2D eigenvalue weighted by Crippen LogP contribution is 2.23. The Balaban J connectivity index is 1.85. The lowest BCUT2D eigenvalue weighted by molar-refractivity contribution is 0.0709. The van der Waals surface area contributed by atoms with E-state index in [4.69, 9.17) is 0 Å². The predicted molar refractivity (Wildman–Crippen MR) is 98.4 cm³/mol. The van der Waals surface area contributed by atoms with Crippen molar-refractivity contribution in [1.82, 2.24) is 10.2 Å². The minimum Gasteiger partial charge on any atom is -0.336 e. The van der Waals surface area contributed by atoms with E-state index in [1.54, 1.807) is 24.3 Å². The van der Waals surface area contributed by atoms with Crippen LogP contribution in [0.25, 0.3) is 11.1 Å². The summed E-state index contributed by atoms with van der Waals surface area (Å²) < 4.78 is 23.1. The van der Waals surface area contributed by atoms with E-state index in [0.29, 0.717) is 29.6 Å². The molecule has 132 valence electrons. The van der Waals surface area contributed by atoms with Crippen LogP contribution in [-0.2, 0) is 9.84 Å². The zero-order valence-corrected chi connectivity index (χ0v) is 15.2. The number of nitrogens with zero attached hydrogens (tertiary/aromatic N) is 1. The molecule has 1 atom stereocenters. The number of amides is 1. The fraction of sp³-hybridized carbons (Fsp3) is 0.316. The van der Waals surface area contributed by atoms with Gasteiger partial charge < -0.3 is 10.2 Å². The molecular formula is C19H22N2O3S. The SMILES string of the molecule is C[C@@H]1CN(C(=O)c2cccc(-c3ccc(S(C)(=O)=O)cc3)c2)CCN1. The number of sulfone groups is 1. The van der Waals surface area contributed by atoms with E-state index in [1.807, 2.05) is 29.2 Å². The smallest absolute Gasteiger partial charge is 0.253 e. The van der Waals surface area contributed by atoms with Crippen LogP contribution in [-0.4, -0.2) is 51.2 Å². The van der Waals surface area contributed by atoms with Gasteiger partial charge in [0.2, 0.25) is 0 Å². The molecule has 1 heterocycles. The van der Waals surface area contributed by atoms with Gasteiger partial charge in [-0.05, 0) is 42.3 Å². The molecule has 0 radical (unpaired) electrons. The van der Waals surface area contributed by atoms with Gasteiger partial charge in [0, 0.05) is 37.5 Å². The van der Waals surface area contributed by atoms with E-state index in [-0.39, 0.29) is 5.91 Å². The molecule has 2 aromatic carbocycles. The van der Waals surface area contributed by atoms with Crippen molar-refractivity contribution in [2.45, 2.75) is 17.9 Å². The molecule has 5 nitrogen and oxygen atoms in total. The zero-order chi connectivity index (χ0) is 18.0. The van der Waals surface area contributed by atoms with Crippen LogP contribution < -0.4 is 5.32 Å². The standard InChI is InChI=1S/C19H22N2O3S/c1-14-13-21(11-10-20-14)19(22)17-5-3-4-16(12-17)15-6-8-18(9-7-15)25(2,23)24/h3-9,12,14,20H,10-11,13H2,1-2H3/t14-/m1/s1. The third-order valence-corrected chi connectivity index (χ3v) is 5.51. The summed E-state index contributed by atoms with van der Waals surface area (Å²) in [7, 11) is -3.21. The molecule has 0 bridgehead atoms. The van der Waals surface area contributed by atoms with E-state index < -0.39 is 9.84 Å². The number of carbonyl (C=O) groups is 1. The molecule has 0 unspecified atom stereocenters. The molecule has 1 aliphatic heterocycles. The van der Waals surface area contributed by atoms with E-state index in [0.717, 1.165) is 17.7 Å². The van der Waals surface area contributed by atoms with Crippen LogP contribution in [0, 0.1) is 0 Å². The molecule has 0 saturated carbocycles. The first-order valence-corrected chi connectivity index (χ1v) is 10.2. The second kappa shape index (κ2) is 6.98. The Hall–Kier alpha value is -2.18. The summed E-state index contributed by atoms with van der Waals surface area (Å²) in [5.74, 6) is 0.0305. The first-order chi connectivity index (χ1) is 11.8. The van der Waals surface area contributed by atoms with Gasteiger partial charge in [0.25, 0.3) is 5.91 Å². The Labute approximate surface area is 148 Å². The Morgan fingerprint density at radius 3 is 2.48 bits per heavy atom. The molecular weight excluding hydrogens is 336 g/mol. The van der Waals surface area contributed by atoms with Gasteiger partial charge in [-0.15, -0.1) is 0 Å². The number of nitrogens with one attached hydrogen (secondary N) is 1. The number of hydrogen-bond acceptors (Lipinski definition) is 4. The molecule has 1 amide bonds. The Kier molecular flexibility index (Phi) is 4.92. The molecule has 3 rings (SSSR count). The number of carbonyl (C=O) groups excluding carboxylic acids is 1. The quantitative estimate of drug-likeness (QED) is 0.913. The number of benzene rings is 2. The van der Waals surface area contributed by atoms with Crippen molar-refractivity contribution in [2.24, 2.45) is 0 Å². The molecule has 1 fully saturated rings. The van der Waals surface area contributed by atoms with Gasteiger partial charge in [-0.1, -0.05) is 24.3 Å². The van der Waals surface area contributed by atoms with Crippen LogP contribution in [0.5, 0.6) is 0 Å². The van der Waals surface area contributed by atoms with Gasteiger partial charge in [-0.2, -0.15) is 0 Å². The zero-order valence-electron chi connectivity index (χ0n) is 14.4. The maximum absolute atomic E-state index is 12.7. The highest BCUT2D eigenvalue weighted by Gasteiger charge is 2.21. The third kappa shape index (κ3) is 4.08. The fourth-order valence-electron chi connectivity index (χ4n) is 3.03. The van der Waals surface area contributed by atoms with Gasteiger partial charge in [0.05, 0.1) is 4.90 Å². The Morgan fingerprint density at radius 2 is 1.84 bits per heavy atom. The average molecular weight is 358 g/mol. The van der Waals surface area contributed by atoms with E-state index in [1.165, 1.54) is 6.26 Å². The monoisotopic (exact) mass is 358 g/mol. The third-order valence-electron chi connectivity index (χ3n) is 4.38. The van der Waals surface area contributed by atoms with Crippen molar-refractivity contribution in [3.05, 3.63) is 54.1 Å². The molecule has 0 aromatic heterocycles. The molecule has 25 heavy (non-hydrogen) atoms. The van der Waals surface area contributed by atoms with Crippen molar-refractivity contribution in [3.8, 4) is 11.1 Å². The Bertz CT molecular complexity index is 876. The van der Waals surface area contributed by atoms with Crippen LogP contribution in [0.15, 0.2) is 53.4 Å². The summed E-state index contributed by atoms with van der Waals surface area (Å²) in [5.41, 5.74) is 2.43. The molecule has 1 N–H and O–H groups in total. The Morgan fingerprint density at radius 1 is 1.12 bits per heavy atom. The summed E-state index contributed by atoms with van der Waals surface area (Å²) in [5, 5.41) is 3.33. The van der Waals surface area contributed by atoms with E-state index in [2.05, 4.69) is 12.2 Å². The van der Waals surface area contributed by atoms with Crippen molar-refractivity contribution >= 4 is 15.7 Å². The summed E-state index contributed by atoms with van der Waals surface area (Å²) in [6, 6.07) is 14.5. The first kappa shape index (κ1) is 17.6. The van der Waals surface area contributed by atoms with Gasteiger partial charge in [-0.25, -0.2) is 8.42 Å². The minimum atomic E-state index is -3.21. The molecule has 1 aliphatic rings. The highest BCUT2D eigenvalue weighted by atomic mass is 32.2. The number of rotatable bonds is 3. The van der Waals surface area contributed by atoms with Gasteiger partial charge >= 0.3 is 0 Å². The molecule has 0 aliphatic carbocycles. The number of hydrogen-bond donors (Lipinski definition) is 1. The fourth-order valence-corrected chi connectivity index (χ4v) is 3.66. The predicted octanol–water partition coefficient (Wildman–Crippen LogP) is 2.19. The highest BCUT2D eigenvalue weighted by molar-refractivity contribution is 7.90. The maximum Gasteiger partial charge on any atom is 0.253 e. The van der Waals surface area contributed by atoms with Gasteiger partial charge in [0.1, 0.15) is 0 Å². The summed E-state index contributed by atoms with van der Waals surface area (Å²) >= 11 is 0. The van der Waals surface area contributed by atoms with Crippen LogP contribution in [0.3, 0.4) is 0 Å². The van der Waals surface area contributed by atoms with Crippen molar-refractivity contribution in [3.63, 3.8) is 0 Å². The number of piperazine rings is 1. The van der Waals surface area contributed by atoms with Crippen LogP contribution in [0.1, 0.15) is 17.3 Å². The summed E-state index contributed by atoms with van der Waals surface area (Å²) in [6.07, 6.45) is 1.19. The van der Waals surface area contributed by atoms with E-state index >= 15 is 0 Å². The van der Waals surface area contributed by atoms with Crippen molar-refractivity contribution in [2.75, 3.05) is 25.9 Å². The second-order valence-corrected chi connectivity index (χ2v) is 8.50. The molecule has 0 spiro atoms. The summed E-state index contributed by atoms with van der Waals surface area (Å²) in [4.78, 5) is 14.9. The molecule has 1 saturated heterocycles. The topological polar surface area (TPSA) is 66.5 Å². The molecule has 6 heteroatoms. The lowest BCUT2D eigenvalue weighted by atomic mass is 10.0. The van der Waals surface area contributed by atoms with Crippen LogP contribution in [0.2, 0.25) is 0 Å². The normalized spacial score (nSPS) is 18.2. The lowest BCUT2D eigenvalue weighted by Gasteiger charge is -2.32. The first-order valence-electron chi connectivity index (χ1n) is 8.28. The average Bonchev–Trinajstić information content (AvgIpc) is 2.60. The van der Waals surface area contributed by atoms with Gasteiger partial charge in [-0.3, -0.25) is 4.79 Å². The minimum absolute atomic E-state index is 0.0305. The lowest BCUT2D eigenvalue weighted by Crippen LogP contribution is -2.51. The molecule has 2 aromatic rings. The van der Waals surface area contributed by atoms with Crippen molar-refractivity contribution in [1.29, 1.82) is 0 Å².